The van der Waals surface area contributed by atoms with Gasteiger partial charge in [0.15, 0.2) is 0 Å². The van der Waals surface area contributed by atoms with Gasteiger partial charge in [0.25, 0.3) is 5.91 Å². The van der Waals surface area contributed by atoms with Crippen LogP contribution in [0.25, 0.3) is 11.0 Å². The largest absolute Gasteiger partial charge is 0.464 e. The second-order valence-corrected chi connectivity index (χ2v) is 9.93. The van der Waals surface area contributed by atoms with E-state index in [0.717, 1.165) is 55.3 Å². The molecule has 0 aliphatic heterocycles. The number of nitrogens with zero attached hydrogens (tertiary/aromatic N) is 3. The van der Waals surface area contributed by atoms with Gasteiger partial charge in [0.2, 0.25) is 0 Å². The third-order valence-corrected chi connectivity index (χ3v) is 7.21. The lowest BCUT2D eigenvalue weighted by Gasteiger charge is -2.32. The van der Waals surface area contributed by atoms with Gasteiger partial charge in [0, 0.05) is 42.0 Å². The number of benzene rings is 2. The highest BCUT2D eigenvalue weighted by atomic mass is 19.1. The summed E-state index contributed by atoms with van der Waals surface area (Å²) in [5.41, 5.74) is 4.28. The molecule has 37 heavy (non-hydrogen) atoms. The van der Waals surface area contributed by atoms with Gasteiger partial charge in [0.05, 0.1) is 12.5 Å². The maximum absolute atomic E-state index is 13.2. The van der Waals surface area contributed by atoms with Crippen molar-refractivity contribution in [2.24, 2.45) is 5.92 Å². The molecular formula is C30H37FN4O2. The van der Waals surface area contributed by atoms with Crippen molar-refractivity contribution < 1.29 is 13.6 Å². The number of rotatable bonds is 12. The highest BCUT2D eigenvalue weighted by molar-refractivity contribution is 6.05. The van der Waals surface area contributed by atoms with Gasteiger partial charge in [-0.1, -0.05) is 27.2 Å². The number of likely N-dealkylation sites (N-methyl/N-ethyl adjacent to an activating group) is 1. The van der Waals surface area contributed by atoms with Gasteiger partial charge in [-0.25, -0.2) is 4.39 Å². The number of hydrogen-bond donors (Lipinski definition) is 1. The molecular weight excluding hydrogens is 467 g/mol. The predicted octanol–water partition coefficient (Wildman–Crippen LogP) is 6.56. The Morgan fingerprint density at radius 1 is 1.19 bits per heavy atom. The Labute approximate surface area is 218 Å². The lowest BCUT2D eigenvalue weighted by atomic mass is 9.91. The molecule has 0 fully saturated rings. The van der Waals surface area contributed by atoms with Gasteiger partial charge in [-0.3, -0.25) is 9.48 Å². The van der Waals surface area contributed by atoms with Gasteiger partial charge in [-0.15, -0.1) is 0 Å². The van der Waals surface area contributed by atoms with Crippen LogP contribution in [-0.4, -0.2) is 40.2 Å². The molecule has 2 atom stereocenters. The molecule has 2 aromatic carbocycles. The Morgan fingerprint density at radius 3 is 2.70 bits per heavy atom. The molecule has 196 valence electrons. The van der Waals surface area contributed by atoms with E-state index in [2.05, 4.69) is 49.3 Å². The summed E-state index contributed by atoms with van der Waals surface area (Å²) in [6.07, 6.45) is 9.94. The summed E-state index contributed by atoms with van der Waals surface area (Å²) in [6, 6.07) is 11.6. The van der Waals surface area contributed by atoms with Crippen LogP contribution in [0, 0.1) is 11.7 Å². The molecule has 0 aliphatic carbocycles. The van der Waals surface area contributed by atoms with E-state index in [1.807, 2.05) is 35.3 Å². The monoisotopic (exact) mass is 504 g/mol. The summed E-state index contributed by atoms with van der Waals surface area (Å²) in [6.45, 7) is 8.59. The molecule has 2 aromatic heterocycles. The van der Waals surface area contributed by atoms with E-state index in [4.69, 9.17) is 4.42 Å². The van der Waals surface area contributed by atoms with Crippen LogP contribution in [0.1, 0.15) is 55.1 Å². The van der Waals surface area contributed by atoms with E-state index in [1.54, 1.807) is 0 Å². The first kappa shape index (κ1) is 26.6. The van der Waals surface area contributed by atoms with E-state index in [-0.39, 0.29) is 11.7 Å². The normalized spacial score (nSPS) is 13.2. The Balaban J connectivity index is 1.47. The molecule has 0 spiro atoms. The van der Waals surface area contributed by atoms with E-state index < -0.39 is 0 Å². The fourth-order valence-corrected chi connectivity index (χ4v) is 4.77. The molecule has 7 heteroatoms. The second kappa shape index (κ2) is 12.2. The van der Waals surface area contributed by atoms with E-state index in [1.165, 1.54) is 29.8 Å². The molecule has 2 heterocycles. The molecule has 0 aliphatic rings. The maximum Gasteiger partial charge on any atom is 0.255 e. The molecule has 0 saturated carbocycles. The van der Waals surface area contributed by atoms with Gasteiger partial charge >= 0.3 is 0 Å². The van der Waals surface area contributed by atoms with Crippen molar-refractivity contribution in [3.8, 4) is 0 Å². The molecule has 0 radical (unpaired) electrons. The van der Waals surface area contributed by atoms with Crippen LogP contribution in [0.2, 0.25) is 0 Å². The number of halogens is 1. The van der Waals surface area contributed by atoms with Gasteiger partial charge in [0.1, 0.15) is 11.4 Å². The number of amides is 1. The number of aryl methyl sites for hydroxylation is 1. The Hall–Kier alpha value is -3.45. The van der Waals surface area contributed by atoms with Crippen molar-refractivity contribution in [1.82, 2.24) is 14.7 Å². The quantitative estimate of drug-likeness (QED) is 0.237. The highest BCUT2D eigenvalue weighted by Gasteiger charge is 2.23. The van der Waals surface area contributed by atoms with Crippen molar-refractivity contribution in [2.45, 2.75) is 59.0 Å². The number of carbonyl (C=O) groups excluding carboxylic acids is 1. The summed E-state index contributed by atoms with van der Waals surface area (Å²) in [7, 11) is 2.20. The zero-order valence-corrected chi connectivity index (χ0v) is 22.2. The van der Waals surface area contributed by atoms with Crippen molar-refractivity contribution in [2.75, 3.05) is 18.9 Å². The summed E-state index contributed by atoms with van der Waals surface area (Å²) in [4.78, 5) is 15.1. The molecule has 1 amide bonds. The highest BCUT2D eigenvalue weighted by Crippen LogP contribution is 2.29. The third-order valence-electron chi connectivity index (χ3n) is 7.21. The summed E-state index contributed by atoms with van der Waals surface area (Å²) in [5.74, 6) is -0.142. The van der Waals surface area contributed by atoms with Crippen molar-refractivity contribution in [1.29, 1.82) is 0 Å². The van der Waals surface area contributed by atoms with E-state index >= 15 is 0 Å². The second-order valence-electron chi connectivity index (χ2n) is 9.93. The average molecular weight is 505 g/mol. The fourth-order valence-electron chi connectivity index (χ4n) is 4.77. The number of fused-ring (bicyclic) bond motifs is 1. The molecule has 4 aromatic rings. The molecule has 0 saturated heterocycles. The van der Waals surface area contributed by atoms with Gasteiger partial charge in [-0.05, 0) is 85.8 Å². The number of anilines is 1. The number of aromatic nitrogens is 2. The third kappa shape index (κ3) is 6.66. The molecule has 2 unspecified atom stereocenters. The lowest BCUT2D eigenvalue weighted by molar-refractivity contribution is 0.102. The Kier molecular flexibility index (Phi) is 8.77. The first-order valence-electron chi connectivity index (χ1n) is 13.2. The number of furan rings is 1. The molecule has 1 N–H and O–H groups in total. The Bertz CT molecular complexity index is 1310. The Morgan fingerprint density at radius 2 is 1.97 bits per heavy atom. The predicted molar refractivity (Wildman–Crippen MR) is 146 cm³/mol. The van der Waals surface area contributed by atoms with Crippen LogP contribution in [0.3, 0.4) is 0 Å². The van der Waals surface area contributed by atoms with Crippen molar-refractivity contribution >= 4 is 22.6 Å². The summed E-state index contributed by atoms with van der Waals surface area (Å²) >= 11 is 0. The topological polar surface area (TPSA) is 63.3 Å². The first-order chi connectivity index (χ1) is 17.9. The van der Waals surface area contributed by atoms with Crippen LogP contribution in [0.15, 0.2) is 65.5 Å². The van der Waals surface area contributed by atoms with E-state index in [9.17, 15) is 9.18 Å². The minimum atomic E-state index is -0.367. The van der Waals surface area contributed by atoms with E-state index in [0.29, 0.717) is 23.2 Å². The maximum atomic E-state index is 13.2. The van der Waals surface area contributed by atoms with Crippen molar-refractivity contribution in [3.63, 3.8) is 0 Å². The smallest absolute Gasteiger partial charge is 0.255 e. The summed E-state index contributed by atoms with van der Waals surface area (Å²) < 4.78 is 21.1. The number of hydrogen-bond acceptors (Lipinski definition) is 4. The van der Waals surface area contributed by atoms with Crippen LogP contribution in [-0.2, 0) is 19.4 Å². The van der Waals surface area contributed by atoms with Gasteiger partial charge in [-0.2, -0.15) is 5.10 Å². The average Bonchev–Trinajstić information content (AvgIpc) is 3.52. The molecule has 0 bridgehead atoms. The summed E-state index contributed by atoms with van der Waals surface area (Å²) in [5, 5.41) is 8.39. The minimum absolute atomic E-state index is 0.274. The van der Waals surface area contributed by atoms with Crippen LogP contribution < -0.4 is 5.32 Å². The van der Waals surface area contributed by atoms with Crippen LogP contribution >= 0.6 is 0 Å². The first-order valence-corrected chi connectivity index (χ1v) is 13.2. The zero-order chi connectivity index (χ0) is 26.4. The lowest BCUT2D eigenvalue weighted by Crippen LogP contribution is -2.39. The standard InChI is InChI=1S/C30H37FN4O2/c1-5-14-35-19-22(18-32-35)13-15-34(4)28(21(3)6-2)16-24-20-37-29-12-11-26(17-27(24)29)33-30(36)23-7-9-25(31)10-8-23/h7-12,17-21,28H,5-6,13-16H2,1-4H3,(H,33,36). The SMILES string of the molecule is CCCn1cc(CCN(C)C(Cc2coc3ccc(NC(=O)c4ccc(F)cc4)cc23)C(C)CC)cn1. The minimum Gasteiger partial charge on any atom is -0.464 e. The van der Waals surface area contributed by atoms with Crippen LogP contribution in [0.4, 0.5) is 10.1 Å². The van der Waals surface area contributed by atoms with Crippen LogP contribution in [0.5, 0.6) is 0 Å². The van der Waals surface area contributed by atoms with Gasteiger partial charge < -0.3 is 14.6 Å². The molecule has 4 rings (SSSR count). The number of carbonyl (C=O) groups is 1. The molecule has 6 nitrogen and oxygen atoms in total. The fraction of sp³-hybridized carbons (Fsp3) is 0.400. The zero-order valence-electron chi connectivity index (χ0n) is 22.2. The number of nitrogens with one attached hydrogen (secondary N) is 1. The van der Waals surface area contributed by atoms with Crippen molar-refractivity contribution in [3.05, 3.63) is 83.6 Å².